The Labute approximate surface area is 139 Å². The minimum atomic E-state index is -0.510. The van der Waals surface area contributed by atoms with Crippen LogP contribution in [0.1, 0.15) is 17.9 Å². The van der Waals surface area contributed by atoms with Gasteiger partial charge in [-0.3, -0.25) is 4.79 Å². The fourth-order valence-electron chi connectivity index (χ4n) is 2.59. The Morgan fingerprint density at radius 2 is 2.04 bits per heavy atom. The topological polar surface area (TPSA) is 38.3 Å². The van der Waals surface area contributed by atoms with Crippen LogP contribution in [0.2, 0.25) is 5.02 Å². The van der Waals surface area contributed by atoms with Crippen LogP contribution in [0.3, 0.4) is 0 Å². The maximum atomic E-state index is 13.0. The van der Waals surface area contributed by atoms with Gasteiger partial charge in [0.1, 0.15) is 11.6 Å². The van der Waals surface area contributed by atoms with E-state index in [2.05, 4.69) is 17.4 Å². The highest BCUT2D eigenvalue weighted by Crippen LogP contribution is 2.46. The van der Waals surface area contributed by atoms with E-state index in [1.807, 2.05) is 18.2 Å². The van der Waals surface area contributed by atoms with Crippen LogP contribution in [0.25, 0.3) is 0 Å². The zero-order valence-electron chi connectivity index (χ0n) is 12.5. The first-order valence-electron chi connectivity index (χ1n) is 7.53. The second-order valence-corrected chi connectivity index (χ2v) is 6.09. The summed E-state index contributed by atoms with van der Waals surface area (Å²) in [6.07, 6.45) is 1.10. The van der Waals surface area contributed by atoms with E-state index < -0.39 is 5.82 Å². The third-order valence-corrected chi connectivity index (χ3v) is 4.26. The van der Waals surface area contributed by atoms with Gasteiger partial charge in [0.05, 0.1) is 5.02 Å². The number of carbonyl (C=O) groups excluding carboxylic acids is 1. The van der Waals surface area contributed by atoms with Crippen molar-refractivity contribution >= 4 is 17.5 Å². The maximum Gasteiger partial charge on any atom is 0.257 e. The molecule has 0 aromatic heterocycles. The highest BCUT2D eigenvalue weighted by molar-refractivity contribution is 6.30. The predicted molar refractivity (Wildman–Crippen MR) is 87.2 cm³/mol. The molecule has 2 atom stereocenters. The highest BCUT2D eigenvalue weighted by Gasteiger charge is 2.37. The fraction of sp³-hybridized carbons (Fsp3) is 0.278. The van der Waals surface area contributed by atoms with Crippen molar-refractivity contribution in [3.05, 3.63) is 64.9 Å². The average Bonchev–Trinajstić information content (AvgIpc) is 3.34. The lowest BCUT2D eigenvalue weighted by Crippen LogP contribution is -2.30. The van der Waals surface area contributed by atoms with Crippen molar-refractivity contribution in [3.63, 3.8) is 0 Å². The SMILES string of the molecule is O=C(COc1ccc(F)c(Cl)c1)NCC1CC1c1ccccc1. The Balaban J connectivity index is 1.40. The van der Waals surface area contributed by atoms with E-state index in [1.165, 1.54) is 23.8 Å². The van der Waals surface area contributed by atoms with Gasteiger partial charge in [0.25, 0.3) is 5.91 Å². The van der Waals surface area contributed by atoms with Gasteiger partial charge in [0.15, 0.2) is 6.61 Å². The smallest absolute Gasteiger partial charge is 0.257 e. The molecule has 2 aromatic rings. The molecule has 2 aromatic carbocycles. The Morgan fingerprint density at radius 1 is 1.26 bits per heavy atom. The van der Waals surface area contributed by atoms with Crippen molar-refractivity contribution in [2.75, 3.05) is 13.2 Å². The second-order valence-electron chi connectivity index (χ2n) is 5.68. The molecule has 1 amide bonds. The first-order valence-corrected chi connectivity index (χ1v) is 7.91. The molecular formula is C18H17ClFNO2. The molecule has 1 aliphatic carbocycles. The van der Waals surface area contributed by atoms with Crippen molar-refractivity contribution in [1.29, 1.82) is 0 Å². The Kier molecular flexibility index (Phi) is 4.82. The molecule has 1 fully saturated rings. The van der Waals surface area contributed by atoms with Crippen molar-refractivity contribution in [3.8, 4) is 5.75 Å². The van der Waals surface area contributed by atoms with Gasteiger partial charge in [-0.25, -0.2) is 4.39 Å². The molecule has 5 heteroatoms. The van der Waals surface area contributed by atoms with E-state index >= 15 is 0 Å². The average molecular weight is 334 g/mol. The lowest BCUT2D eigenvalue weighted by molar-refractivity contribution is -0.123. The van der Waals surface area contributed by atoms with Gasteiger partial charge in [-0.15, -0.1) is 0 Å². The molecule has 0 bridgehead atoms. The van der Waals surface area contributed by atoms with E-state index in [0.29, 0.717) is 24.1 Å². The molecule has 1 aliphatic rings. The lowest BCUT2D eigenvalue weighted by Gasteiger charge is -2.08. The molecule has 0 saturated heterocycles. The lowest BCUT2D eigenvalue weighted by atomic mass is 10.1. The van der Waals surface area contributed by atoms with Gasteiger partial charge in [0, 0.05) is 12.6 Å². The number of hydrogen-bond acceptors (Lipinski definition) is 2. The van der Waals surface area contributed by atoms with E-state index in [-0.39, 0.29) is 17.5 Å². The van der Waals surface area contributed by atoms with E-state index in [9.17, 15) is 9.18 Å². The van der Waals surface area contributed by atoms with Gasteiger partial charge < -0.3 is 10.1 Å². The summed E-state index contributed by atoms with van der Waals surface area (Å²) in [7, 11) is 0. The third kappa shape index (κ3) is 4.23. The zero-order chi connectivity index (χ0) is 16.2. The summed E-state index contributed by atoms with van der Waals surface area (Å²) in [5.41, 5.74) is 1.32. The largest absolute Gasteiger partial charge is 0.484 e. The van der Waals surface area contributed by atoms with Gasteiger partial charge in [-0.2, -0.15) is 0 Å². The normalized spacial score (nSPS) is 19.2. The molecule has 1 saturated carbocycles. The van der Waals surface area contributed by atoms with Gasteiger partial charge in [-0.1, -0.05) is 41.9 Å². The summed E-state index contributed by atoms with van der Waals surface area (Å²) in [6, 6.07) is 14.3. The molecule has 0 aliphatic heterocycles. The molecule has 0 spiro atoms. The quantitative estimate of drug-likeness (QED) is 0.873. The first-order chi connectivity index (χ1) is 11.1. The molecule has 3 nitrogen and oxygen atoms in total. The first kappa shape index (κ1) is 15.8. The summed E-state index contributed by atoms with van der Waals surface area (Å²) < 4.78 is 18.3. The number of nitrogens with one attached hydrogen (secondary N) is 1. The van der Waals surface area contributed by atoms with Crippen LogP contribution in [0.15, 0.2) is 48.5 Å². The Morgan fingerprint density at radius 3 is 2.78 bits per heavy atom. The number of ether oxygens (including phenoxy) is 1. The van der Waals surface area contributed by atoms with Crippen LogP contribution >= 0.6 is 11.6 Å². The summed E-state index contributed by atoms with van der Waals surface area (Å²) in [6.45, 7) is 0.538. The summed E-state index contributed by atoms with van der Waals surface area (Å²) in [4.78, 5) is 11.8. The van der Waals surface area contributed by atoms with Crippen molar-refractivity contribution in [2.24, 2.45) is 5.92 Å². The number of amides is 1. The molecular weight excluding hydrogens is 317 g/mol. The second kappa shape index (κ2) is 7.01. The minimum Gasteiger partial charge on any atom is -0.484 e. The van der Waals surface area contributed by atoms with Crippen molar-refractivity contribution < 1.29 is 13.9 Å². The van der Waals surface area contributed by atoms with Crippen LogP contribution < -0.4 is 10.1 Å². The molecule has 2 unspecified atom stereocenters. The molecule has 1 N–H and O–H groups in total. The van der Waals surface area contributed by atoms with Crippen molar-refractivity contribution in [1.82, 2.24) is 5.32 Å². The Hall–Kier alpha value is -2.07. The summed E-state index contributed by atoms with van der Waals surface area (Å²) in [5, 5.41) is 2.85. The van der Waals surface area contributed by atoms with E-state index in [1.54, 1.807) is 0 Å². The molecule has 3 rings (SSSR count). The van der Waals surface area contributed by atoms with Gasteiger partial charge in [0.2, 0.25) is 0 Å². The third-order valence-electron chi connectivity index (χ3n) is 3.97. The molecule has 0 heterocycles. The fourth-order valence-corrected chi connectivity index (χ4v) is 2.76. The van der Waals surface area contributed by atoms with Crippen LogP contribution in [0.5, 0.6) is 5.75 Å². The zero-order valence-corrected chi connectivity index (χ0v) is 13.2. The standard InChI is InChI=1S/C18H17ClFNO2/c19-16-9-14(6-7-17(16)20)23-11-18(22)21-10-13-8-15(13)12-4-2-1-3-5-12/h1-7,9,13,15H,8,10-11H2,(H,21,22). The van der Waals surface area contributed by atoms with E-state index in [0.717, 1.165) is 6.42 Å². The molecule has 120 valence electrons. The Bertz CT molecular complexity index is 693. The van der Waals surface area contributed by atoms with Crippen LogP contribution in [-0.4, -0.2) is 19.1 Å². The van der Waals surface area contributed by atoms with Gasteiger partial charge in [-0.05, 0) is 36.0 Å². The number of hydrogen-bond donors (Lipinski definition) is 1. The number of halogens is 2. The van der Waals surface area contributed by atoms with Crippen LogP contribution in [0.4, 0.5) is 4.39 Å². The number of carbonyl (C=O) groups is 1. The molecule has 0 radical (unpaired) electrons. The van der Waals surface area contributed by atoms with E-state index in [4.69, 9.17) is 16.3 Å². The minimum absolute atomic E-state index is 0.0217. The molecule has 23 heavy (non-hydrogen) atoms. The van der Waals surface area contributed by atoms with Crippen LogP contribution in [-0.2, 0) is 4.79 Å². The maximum absolute atomic E-state index is 13.0. The number of benzene rings is 2. The monoisotopic (exact) mass is 333 g/mol. The number of rotatable bonds is 6. The summed E-state index contributed by atoms with van der Waals surface area (Å²) >= 11 is 5.66. The van der Waals surface area contributed by atoms with Gasteiger partial charge >= 0.3 is 0 Å². The summed E-state index contributed by atoms with van der Waals surface area (Å²) in [5.74, 6) is 0.698. The van der Waals surface area contributed by atoms with Crippen LogP contribution in [0, 0.1) is 11.7 Å². The highest BCUT2D eigenvalue weighted by atomic mass is 35.5. The van der Waals surface area contributed by atoms with Crippen molar-refractivity contribution in [2.45, 2.75) is 12.3 Å². The predicted octanol–water partition coefficient (Wildman–Crippen LogP) is 3.78.